The molecule has 0 atom stereocenters. The van der Waals surface area contributed by atoms with Gasteiger partial charge >= 0.3 is 6.03 Å². The van der Waals surface area contributed by atoms with Crippen LogP contribution in [0.2, 0.25) is 0 Å². The van der Waals surface area contributed by atoms with Gasteiger partial charge in [0.2, 0.25) is 5.91 Å². The minimum atomic E-state index is -0.345. The van der Waals surface area contributed by atoms with E-state index in [0.717, 1.165) is 24.5 Å². The van der Waals surface area contributed by atoms with Crippen molar-refractivity contribution in [1.82, 2.24) is 25.6 Å². The van der Waals surface area contributed by atoms with Gasteiger partial charge in [0.1, 0.15) is 0 Å². The minimum Gasteiger partial charge on any atom is -0.360 e. The molecule has 116 valence electrons. The van der Waals surface area contributed by atoms with Gasteiger partial charge in [0.05, 0.1) is 18.8 Å². The van der Waals surface area contributed by atoms with E-state index < -0.39 is 0 Å². The Hall–Kier alpha value is -2.09. The molecule has 1 aliphatic rings. The third-order valence-electron chi connectivity index (χ3n) is 3.41. The number of hydrogen-bond donors (Lipinski definition) is 2. The van der Waals surface area contributed by atoms with Crippen molar-refractivity contribution in [2.24, 2.45) is 0 Å². The highest BCUT2D eigenvalue weighted by atomic mass is 16.5. The van der Waals surface area contributed by atoms with E-state index in [1.807, 2.05) is 13.0 Å². The van der Waals surface area contributed by atoms with Gasteiger partial charge in [0.15, 0.2) is 5.76 Å². The Morgan fingerprint density at radius 3 is 2.62 bits per heavy atom. The number of rotatable bonds is 4. The van der Waals surface area contributed by atoms with Crippen molar-refractivity contribution in [3.8, 4) is 0 Å². The van der Waals surface area contributed by atoms with Crippen molar-refractivity contribution in [2.75, 3.05) is 39.8 Å². The molecule has 21 heavy (non-hydrogen) atoms. The quantitative estimate of drug-likeness (QED) is 0.785. The van der Waals surface area contributed by atoms with E-state index in [9.17, 15) is 9.59 Å². The van der Waals surface area contributed by atoms with Crippen LogP contribution in [0.1, 0.15) is 11.5 Å². The van der Waals surface area contributed by atoms with Gasteiger partial charge in [0.25, 0.3) is 0 Å². The highest BCUT2D eigenvalue weighted by Crippen LogP contribution is 2.09. The molecule has 2 N–H and O–H groups in total. The van der Waals surface area contributed by atoms with Crippen molar-refractivity contribution in [1.29, 1.82) is 0 Å². The average Bonchev–Trinajstić information content (AvgIpc) is 2.90. The van der Waals surface area contributed by atoms with Crippen molar-refractivity contribution in [2.45, 2.75) is 13.5 Å². The first-order valence-electron chi connectivity index (χ1n) is 6.96. The first-order valence-corrected chi connectivity index (χ1v) is 6.96. The zero-order valence-electron chi connectivity index (χ0n) is 12.4. The minimum absolute atomic E-state index is 0.0287. The summed E-state index contributed by atoms with van der Waals surface area (Å²) in [7, 11) is 1.52. The molecular formula is C13H21N5O3. The van der Waals surface area contributed by atoms with E-state index in [1.165, 1.54) is 7.05 Å². The summed E-state index contributed by atoms with van der Waals surface area (Å²) >= 11 is 0. The standard InChI is InChI=1S/C13H21N5O3/c1-10-7-11(21-16-10)9-17-3-5-18(6-4-17)12(19)8-15-13(20)14-2/h7H,3-6,8-9H2,1-2H3,(H2,14,15,20). The Kier molecular flexibility index (Phi) is 5.15. The summed E-state index contributed by atoms with van der Waals surface area (Å²) in [5.74, 6) is 0.780. The molecule has 0 saturated carbocycles. The molecule has 0 spiro atoms. The predicted octanol–water partition coefficient (Wildman–Crippen LogP) is -0.444. The first-order chi connectivity index (χ1) is 10.1. The summed E-state index contributed by atoms with van der Waals surface area (Å²) in [5.41, 5.74) is 0.874. The maximum Gasteiger partial charge on any atom is 0.314 e. The number of nitrogens with zero attached hydrogens (tertiary/aromatic N) is 3. The van der Waals surface area contributed by atoms with E-state index in [2.05, 4.69) is 20.7 Å². The van der Waals surface area contributed by atoms with Gasteiger partial charge in [-0.1, -0.05) is 5.16 Å². The summed E-state index contributed by atoms with van der Waals surface area (Å²) < 4.78 is 5.19. The maximum absolute atomic E-state index is 11.9. The van der Waals surface area contributed by atoms with E-state index in [4.69, 9.17) is 4.52 Å². The summed E-state index contributed by atoms with van der Waals surface area (Å²) in [6.07, 6.45) is 0. The van der Waals surface area contributed by atoms with E-state index in [0.29, 0.717) is 19.6 Å². The maximum atomic E-state index is 11.9. The Morgan fingerprint density at radius 2 is 2.05 bits per heavy atom. The SMILES string of the molecule is CNC(=O)NCC(=O)N1CCN(Cc2cc(C)no2)CC1. The molecule has 0 radical (unpaired) electrons. The molecule has 0 aromatic carbocycles. The van der Waals surface area contributed by atoms with Crippen LogP contribution in [0.5, 0.6) is 0 Å². The van der Waals surface area contributed by atoms with E-state index in [1.54, 1.807) is 4.90 Å². The average molecular weight is 295 g/mol. The van der Waals surface area contributed by atoms with Crippen molar-refractivity contribution in [3.05, 3.63) is 17.5 Å². The Morgan fingerprint density at radius 1 is 1.33 bits per heavy atom. The molecule has 0 bridgehead atoms. The molecule has 1 fully saturated rings. The van der Waals surface area contributed by atoms with Crippen LogP contribution < -0.4 is 10.6 Å². The molecule has 2 heterocycles. The lowest BCUT2D eigenvalue weighted by Gasteiger charge is -2.34. The monoisotopic (exact) mass is 295 g/mol. The van der Waals surface area contributed by atoms with Crippen LogP contribution in [0.15, 0.2) is 10.6 Å². The van der Waals surface area contributed by atoms with Gasteiger partial charge in [-0.15, -0.1) is 0 Å². The number of urea groups is 1. The molecule has 8 nitrogen and oxygen atoms in total. The predicted molar refractivity (Wildman–Crippen MR) is 75.6 cm³/mol. The van der Waals surface area contributed by atoms with Crippen molar-refractivity contribution in [3.63, 3.8) is 0 Å². The molecule has 1 aromatic rings. The van der Waals surface area contributed by atoms with Gasteiger partial charge in [-0.3, -0.25) is 9.69 Å². The second-order valence-electron chi connectivity index (χ2n) is 5.02. The highest BCUT2D eigenvalue weighted by Gasteiger charge is 2.22. The number of piperazine rings is 1. The normalized spacial score (nSPS) is 15.8. The third-order valence-corrected chi connectivity index (χ3v) is 3.41. The topological polar surface area (TPSA) is 90.7 Å². The molecule has 1 aliphatic heterocycles. The Balaban J connectivity index is 1.72. The van der Waals surface area contributed by atoms with Gasteiger partial charge in [-0.05, 0) is 6.92 Å². The van der Waals surface area contributed by atoms with E-state index >= 15 is 0 Å². The van der Waals surface area contributed by atoms with E-state index in [-0.39, 0.29) is 18.5 Å². The fraction of sp³-hybridized carbons (Fsp3) is 0.615. The third kappa shape index (κ3) is 4.45. The van der Waals surface area contributed by atoms with Crippen LogP contribution in [0.3, 0.4) is 0 Å². The van der Waals surface area contributed by atoms with Gasteiger partial charge in [0, 0.05) is 39.3 Å². The lowest BCUT2D eigenvalue weighted by atomic mass is 10.3. The van der Waals surface area contributed by atoms with Crippen LogP contribution in [-0.2, 0) is 11.3 Å². The van der Waals surface area contributed by atoms with Gasteiger partial charge < -0.3 is 20.1 Å². The molecule has 0 unspecified atom stereocenters. The summed E-state index contributed by atoms with van der Waals surface area (Å²) in [6, 6.07) is 1.58. The van der Waals surface area contributed by atoms with Crippen LogP contribution >= 0.6 is 0 Å². The zero-order chi connectivity index (χ0) is 15.2. The number of nitrogens with one attached hydrogen (secondary N) is 2. The fourth-order valence-electron chi connectivity index (χ4n) is 2.22. The van der Waals surface area contributed by atoms with Crippen LogP contribution in [0, 0.1) is 6.92 Å². The molecular weight excluding hydrogens is 274 g/mol. The number of hydrogen-bond acceptors (Lipinski definition) is 5. The number of aryl methyl sites for hydroxylation is 1. The molecule has 8 heteroatoms. The summed E-state index contributed by atoms with van der Waals surface area (Å²) in [4.78, 5) is 26.9. The molecule has 3 amide bonds. The lowest BCUT2D eigenvalue weighted by molar-refractivity contribution is -0.131. The van der Waals surface area contributed by atoms with Crippen molar-refractivity contribution < 1.29 is 14.1 Å². The number of aromatic nitrogens is 1. The molecule has 0 aliphatic carbocycles. The van der Waals surface area contributed by atoms with Crippen LogP contribution in [-0.4, -0.2) is 66.7 Å². The zero-order valence-corrected chi connectivity index (χ0v) is 12.4. The van der Waals surface area contributed by atoms with Gasteiger partial charge in [-0.25, -0.2) is 4.79 Å². The summed E-state index contributed by atoms with van der Waals surface area (Å²) in [6.45, 7) is 5.50. The largest absolute Gasteiger partial charge is 0.360 e. The number of carbonyl (C=O) groups excluding carboxylic acids is 2. The highest BCUT2D eigenvalue weighted by molar-refractivity contribution is 5.83. The fourth-order valence-corrected chi connectivity index (χ4v) is 2.22. The Bertz CT molecular complexity index is 494. The lowest BCUT2D eigenvalue weighted by Crippen LogP contribution is -2.51. The van der Waals surface area contributed by atoms with Crippen molar-refractivity contribution >= 4 is 11.9 Å². The van der Waals surface area contributed by atoms with Crippen LogP contribution in [0.4, 0.5) is 4.79 Å². The molecule has 2 rings (SSSR count). The second kappa shape index (κ2) is 7.07. The molecule has 1 saturated heterocycles. The summed E-state index contributed by atoms with van der Waals surface area (Å²) in [5, 5.41) is 8.78. The number of carbonyl (C=O) groups is 2. The first kappa shape index (κ1) is 15.3. The molecule has 1 aromatic heterocycles. The van der Waals surface area contributed by atoms with Gasteiger partial charge in [-0.2, -0.15) is 0 Å². The second-order valence-corrected chi connectivity index (χ2v) is 5.02. The van der Waals surface area contributed by atoms with Crippen LogP contribution in [0.25, 0.3) is 0 Å². The Labute approximate surface area is 123 Å². The number of amides is 3. The smallest absolute Gasteiger partial charge is 0.314 e.